The van der Waals surface area contributed by atoms with Crippen LogP contribution in [0.15, 0.2) is 0 Å². The molecule has 2 saturated carbocycles. The predicted octanol–water partition coefficient (Wildman–Crippen LogP) is 3.19. The maximum atomic E-state index is 9.94. The zero-order valence-corrected chi connectivity index (χ0v) is 11.4. The zero-order chi connectivity index (χ0) is 12.3. The zero-order valence-electron chi connectivity index (χ0n) is 11.4. The Morgan fingerprint density at radius 2 is 1.88 bits per heavy atom. The number of rotatable bonds is 0. The largest absolute Gasteiger partial charge is 0.368 e. The molecule has 0 bridgehead atoms. The van der Waals surface area contributed by atoms with Gasteiger partial charge in [0.25, 0.3) is 0 Å². The number of hydrogen-bond acceptors (Lipinski definition) is 2. The van der Waals surface area contributed by atoms with E-state index < -0.39 is 6.29 Å². The highest BCUT2D eigenvalue weighted by Gasteiger charge is 2.57. The summed E-state index contributed by atoms with van der Waals surface area (Å²) in [6.07, 6.45) is 6.01. The number of fused-ring (bicyclic) bond motifs is 3. The Morgan fingerprint density at radius 3 is 2.65 bits per heavy atom. The van der Waals surface area contributed by atoms with Gasteiger partial charge in [-0.25, -0.2) is 0 Å². The van der Waals surface area contributed by atoms with Crippen molar-refractivity contribution in [3.8, 4) is 0 Å². The minimum Gasteiger partial charge on any atom is -0.368 e. The van der Waals surface area contributed by atoms with Gasteiger partial charge in [-0.05, 0) is 48.3 Å². The van der Waals surface area contributed by atoms with Gasteiger partial charge < -0.3 is 9.84 Å². The van der Waals surface area contributed by atoms with Gasteiger partial charge in [0, 0.05) is 5.92 Å². The Bertz CT molecular complexity index is 312. The molecule has 1 saturated heterocycles. The van der Waals surface area contributed by atoms with Crippen LogP contribution in [0.4, 0.5) is 0 Å². The fourth-order valence-corrected chi connectivity index (χ4v) is 5.36. The second-order valence-electron chi connectivity index (χ2n) is 7.47. The smallest absolute Gasteiger partial charge is 0.157 e. The summed E-state index contributed by atoms with van der Waals surface area (Å²) < 4.78 is 5.54. The molecule has 0 aromatic heterocycles. The van der Waals surface area contributed by atoms with Gasteiger partial charge in [-0.1, -0.05) is 27.2 Å². The quantitative estimate of drug-likeness (QED) is 0.702. The van der Waals surface area contributed by atoms with E-state index in [4.69, 9.17) is 4.74 Å². The summed E-state index contributed by atoms with van der Waals surface area (Å²) in [6, 6.07) is 0. The van der Waals surface area contributed by atoms with Gasteiger partial charge in [-0.2, -0.15) is 0 Å². The van der Waals surface area contributed by atoms with Gasteiger partial charge >= 0.3 is 0 Å². The van der Waals surface area contributed by atoms with E-state index in [1.54, 1.807) is 0 Å². The molecule has 2 heteroatoms. The molecular weight excluding hydrogens is 212 g/mol. The maximum absolute atomic E-state index is 9.94. The minimum atomic E-state index is -0.484. The molecular formula is C15H26O2. The number of aliphatic hydroxyl groups excluding tert-OH is 1. The third-order valence-corrected chi connectivity index (χ3v) is 6.24. The molecule has 3 rings (SSSR count). The summed E-state index contributed by atoms with van der Waals surface area (Å²) in [7, 11) is 0. The summed E-state index contributed by atoms with van der Waals surface area (Å²) in [5.41, 5.74) is 0.883. The average molecular weight is 238 g/mol. The molecule has 3 aliphatic rings. The number of ether oxygens (including phenoxy) is 1. The summed E-state index contributed by atoms with van der Waals surface area (Å²) in [5, 5.41) is 9.94. The van der Waals surface area contributed by atoms with Crippen molar-refractivity contribution in [2.45, 2.75) is 59.2 Å². The summed E-state index contributed by atoms with van der Waals surface area (Å²) in [6.45, 7) is 8.15. The molecule has 3 fully saturated rings. The van der Waals surface area contributed by atoms with Crippen LogP contribution in [0.1, 0.15) is 52.9 Å². The van der Waals surface area contributed by atoms with E-state index in [1.807, 2.05) is 0 Å². The van der Waals surface area contributed by atoms with Crippen molar-refractivity contribution in [2.75, 3.05) is 6.61 Å². The molecule has 0 unspecified atom stereocenters. The molecule has 1 aliphatic heterocycles. The lowest BCUT2D eigenvalue weighted by atomic mass is 9.47. The Morgan fingerprint density at radius 1 is 1.12 bits per heavy atom. The maximum Gasteiger partial charge on any atom is 0.157 e. The van der Waals surface area contributed by atoms with Crippen molar-refractivity contribution in [2.24, 2.45) is 28.6 Å². The van der Waals surface area contributed by atoms with Crippen LogP contribution in [-0.2, 0) is 4.74 Å². The van der Waals surface area contributed by atoms with Crippen LogP contribution in [0.2, 0.25) is 0 Å². The third-order valence-electron chi connectivity index (χ3n) is 6.24. The van der Waals surface area contributed by atoms with Crippen LogP contribution < -0.4 is 0 Å². The topological polar surface area (TPSA) is 29.5 Å². The monoisotopic (exact) mass is 238 g/mol. The van der Waals surface area contributed by atoms with Gasteiger partial charge in [-0.3, -0.25) is 0 Å². The van der Waals surface area contributed by atoms with E-state index in [2.05, 4.69) is 20.8 Å². The molecule has 0 radical (unpaired) electrons. The standard InChI is InChI=1S/C15H26O2/c1-14(2)7-4-8-15(3)11-9-17-13(16)10(11)5-6-12(14)15/h10-13,16H,4-9H2,1-3H3/t10-,11-,12-,13+,15+/m0/s1. The van der Waals surface area contributed by atoms with Crippen molar-refractivity contribution >= 4 is 0 Å². The van der Waals surface area contributed by atoms with E-state index in [-0.39, 0.29) is 0 Å². The Kier molecular flexibility index (Phi) is 2.61. The first kappa shape index (κ1) is 12.0. The van der Waals surface area contributed by atoms with Crippen LogP contribution in [0.5, 0.6) is 0 Å². The molecule has 0 spiro atoms. The lowest BCUT2D eigenvalue weighted by molar-refractivity contribution is -0.110. The van der Waals surface area contributed by atoms with Gasteiger partial charge in [0.05, 0.1) is 6.61 Å². The van der Waals surface area contributed by atoms with E-state index in [1.165, 1.54) is 25.7 Å². The molecule has 0 amide bonds. The summed E-state index contributed by atoms with van der Waals surface area (Å²) in [4.78, 5) is 0. The highest BCUT2D eigenvalue weighted by Crippen LogP contribution is 2.62. The van der Waals surface area contributed by atoms with Gasteiger partial charge in [-0.15, -0.1) is 0 Å². The Balaban J connectivity index is 1.93. The molecule has 5 atom stereocenters. The van der Waals surface area contributed by atoms with Crippen molar-refractivity contribution in [1.82, 2.24) is 0 Å². The molecule has 98 valence electrons. The lowest BCUT2D eigenvalue weighted by Crippen LogP contribution is -2.51. The van der Waals surface area contributed by atoms with E-state index >= 15 is 0 Å². The first-order chi connectivity index (χ1) is 7.95. The molecule has 17 heavy (non-hydrogen) atoms. The molecule has 2 aliphatic carbocycles. The van der Waals surface area contributed by atoms with Crippen molar-refractivity contribution < 1.29 is 9.84 Å². The fourth-order valence-electron chi connectivity index (χ4n) is 5.36. The first-order valence-corrected chi connectivity index (χ1v) is 7.25. The van der Waals surface area contributed by atoms with Crippen LogP contribution >= 0.6 is 0 Å². The van der Waals surface area contributed by atoms with Crippen LogP contribution in [0, 0.1) is 28.6 Å². The average Bonchev–Trinajstić information content (AvgIpc) is 2.60. The van der Waals surface area contributed by atoms with Gasteiger partial charge in [0.1, 0.15) is 0 Å². The summed E-state index contributed by atoms with van der Waals surface area (Å²) in [5.74, 6) is 1.82. The van der Waals surface area contributed by atoms with E-state index in [0.717, 1.165) is 18.9 Å². The molecule has 0 aromatic rings. The molecule has 2 nitrogen and oxygen atoms in total. The predicted molar refractivity (Wildman–Crippen MR) is 67.4 cm³/mol. The number of aliphatic hydroxyl groups is 1. The van der Waals surface area contributed by atoms with Crippen LogP contribution in [0.25, 0.3) is 0 Å². The number of hydrogen-bond donors (Lipinski definition) is 1. The molecule has 0 aromatic carbocycles. The highest BCUT2D eigenvalue weighted by atomic mass is 16.6. The Hall–Kier alpha value is -0.0800. The second-order valence-corrected chi connectivity index (χ2v) is 7.47. The first-order valence-electron chi connectivity index (χ1n) is 7.25. The fraction of sp³-hybridized carbons (Fsp3) is 1.00. The minimum absolute atomic E-state index is 0.405. The second kappa shape index (κ2) is 3.71. The van der Waals surface area contributed by atoms with Gasteiger partial charge in [0.2, 0.25) is 0 Å². The normalized spacial score (nSPS) is 52.9. The van der Waals surface area contributed by atoms with E-state index in [9.17, 15) is 5.11 Å². The van der Waals surface area contributed by atoms with E-state index in [0.29, 0.717) is 22.7 Å². The van der Waals surface area contributed by atoms with Crippen molar-refractivity contribution in [3.05, 3.63) is 0 Å². The molecule has 1 heterocycles. The van der Waals surface area contributed by atoms with Crippen LogP contribution in [0.3, 0.4) is 0 Å². The van der Waals surface area contributed by atoms with Crippen molar-refractivity contribution in [3.63, 3.8) is 0 Å². The lowest BCUT2D eigenvalue weighted by Gasteiger charge is -2.57. The Labute approximate surface area is 105 Å². The SMILES string of the molecule is CC1(C)CCC[C@]2(C)[C@H]3CO[C@@H](O)[C@H]3CC[C@@H]12. The van der Waals surface area contributed by atoms with Crippen molar-refractivity contribution in [1.29, 1.82) is 0 Å². The highest BCUT2D eigenvalue weighted by molar-refractivity contribution is 5.05. The molecule has 1 N–H and O–H groups in total. The third kappa shape index (κ3) is 1.60. The summed E-state index contributed by atoms with van der Waals surface area (Å²) >= 11 is 0. The van der Waals surface area contributed by atoms with Gasteiger partial charge in [0.15, 0.2) is 6.29 Å². The van der Waals surface area contributed by atoms with Crippen LogP contribution in [-0.4, -0.2) is 18.0 Å².